The first kappa shape index (κ1) is 16.4. The van der Waals surface area contributed by atoms with Crippen molar-refractivity contribution >= 4 is 11.6 Å². The monoisotopic (exact) mass is 343 g/mol. The Morgan fingerprint density at radius 1 is 0.808 bits per heavy atom. The minimum Gasteiger partial charge on any atom is -0.497 e. The maximum atomic E-state index is 13.7. The molecule has 0 aromatic heterocycles. The van der Waals surface area contributed by atoms with E-state index in [1.807, 2.05) is 65.6 Å². The van der Waals surface area contributed by atoms with E-state index in [1.54, 1.807) is 7.11 Å². The van der Waals surface area contributed by atoms with Gasteiger partial charge in [0.15, 0.2) is 0 Å². The van der Waals surface area contributed by atoms with Crippen LogP contribution < -0.4 is 9.64 Å². The van der Waals surface area contributed by atoms with Crippen molar-refractivity contribution in [2.24, 2.45) is 0 Å². The number of hydrogen-bond acceptors (Lipinski definition) is 2. The summed E-state index contributed by atoms with van der Waals surface area (Å²) in [4.78, 5) is 15.6. The van der Waals surface area contributed by atoms with E-state index >= 15 is 0 Å². The van der Waals surface area contributed by atoms with Crippen molar-refractivity contribution in [3.8, 4) is 5.75 Å². The van der Waals surface area contributed by atoms with Gasteiger partial charge in [-0.2, -0.15) is 0 Å². The molecule has 1 aliphatic heterocycles. The van der Waals surface area contributed by atoms with Gasteiger partial charge in [-0.15, -0.1) is 0 Å². The number of methoxy groups -OCH3 is 1. The molecular weight excluding hydrogens is 322 g/mol. The number of carbonyl (C=O) groups excluding carboxylic acids is 1. The van der Waals surface area contributed by atoms with Crippen LogP contribution >= 0.6 is 0 Å². The van der Waals surface area contributed by atoms with Crippen LogP contribution in [0.25, 0.3) is 0 Å². The van der Waals surface area contributed by atoms with Gasteiger partial charge in [-0.3, -0.25) is 4.79 Å². The number of hydrogen-bond donors (Lipinski definition) is 0. The molecule has 3 nitrogen and oxygen atoms in total. The van der Waals surface area contributed by atoms with Crippen LogP contribution in [-0.4, -0.2) is 19.6 Å². The lowest BCUT2D eigenvalue weighted by Crippen LogP contribution is -2.39. The van der Waals surface area contributed by atoms with E-state index in [9.17, 15) is 4.79 Å². The predicted octanol–water partition coefficient (Wildman–Crippen LogP) is 4.42. The van der Waals surface area contributed by atoms with E-state index in [4.69, 9.17) is 4.74 Å². The largest absolute Gasteiger partial charge is 0.497 e. The van der Waals surface area contributed by atoms with Crippen molar-refractivity contribution in [3.63, 3.8) is 0 Å². The highest BCUT2D eigenvalue weighted by Gasteiger charge is 2.49. The molecule has 0 spiro atoms. The number of anilines is 1. The molecule has 4 rings (SSSR count). The van der Waals surface area contributed by atoms with Crippen LogP contribution in [-0.2, 0) is 10.2 Å². The molecule has 3 aromatic carbocycles. The lowest BCUT2D eigenvalue weighted by Gasteiger charge is -2.29. The van der Waals surface area contributed by atoms with Crippen molar-refractivity contribution in [2.45, 2.75) is 11.8 Å². The van der Waals surface area contributed by atoms with E-state index in [1.165, 1.54) is 0 Å². The van der Waals surface area contributed by atoms with Gasteiger partial charge < -0.3 is 9.64 Å². The second-order valence-electron chi connectivity index (χ2n) is 6.54. The first-order chi connectivity index (χ1) is 12.8. The van der Waals surface area contributed by atoms with Crippen molar-refractivity contribution in [1.82, 2.24) is 0 Å². The maximum Gasteiger partial charge on any atom is 0.242 e. The molecule has 0 atom stereocenters. The molecule has 0 saturated carbocycles. The Balaban J connectivity index is 1.79. The van der Waals surface area contributed by atoms with Gasteiger partial charge in [0.1, 0.15) is 11.2 Å². The van der Waals surface area contributed by atoms with Gasteiger partial charge >= 0.3 is 0 Å². The summed E-state index contributed by atoms with van der Waals surface area (Å²) in [6, 6.07) is 27.9. The molecule has 26 heavy (non-hydrogen) atoms. The first-order valence-electron chi connectivity index (χ1n) is 8.83. The smallest absolute Gasteiger partial charge is 0.242 e. The second-order valence-corrected chi connectivity index (χ2v) is 6.54. The zero-order chi connectivity index (χ0) is 18.0. The summed E-state index contributed by atoms with van der Waals surface area (Å²) < 4.78 is 5.23. The van der Waals surface area contributed by atoms with E-state index in [2.05, 4.69) is 24.3 Å². The van der Waals surface area contributed by atoms with Crippen LogP contribution in [0.15, 0.2) is 84.9 Å². The van der Waals surface area contributed by atoms with Crippen LogP contribution in [0.3, 0.4) is 0 Å². The average molecular weight is 343 g/mol. The molecule has 1 amide bonds. The van der Waals surface area contributed by atoms with E-state index in [-0.39, 0.29) is 5.91 Å². The summed E-state index contributed by atoms with van der Waals surface area (Å²) in [7, 11) is 1.64. The zero-order valence-electron chi connectivity index (χ0n) is 14.8. The topological polar surface area (TPSA) is 29.5 Å². The van der Waals surface area contributed by atoms with Crippen molar-refractivity contribution in [3.05, 3.63) is 96.1 Å². The van der Waals surface area contributed by atoms with E-state index in [0.717, 1.165) is 29.0 Å². The number of nitrogens with zero attached hydrogens (tertiary/aromatic N) is 1. The van der Waals surface area contributed by atoms with Crippen LogP contribution in [0.5, 0.6) is 5.75 Å². The fourth-order valence-electron chi connectivity index (χ4n) is 3.87. The Morgan fingerprint density at radius 3 is 1.85 bits per heavy atom. The molecule has 130 valence electrons. The lowest BCUT2D eigenvalue weighted by atomic mass is 9.73. The summed E-state index contributed by atoms with van der Waals surface area (Å²) in [5, 5.41) is 0. The molecule has 1 fully saturated rings. The quantitative estimate of drug-likeness (QED) is 0.702. The molecule has 0 radical (unpaired) electrons. The molecule has 3 aromatic rings. The Hall–Kier alpha value is -3.07. The van der Waals surface area contributed by atoms with Gasteiger partial charge in [0.05, 0.1) is 7.11 Å². The third kappa shape index (κ3) is 2.57. The number of benzene rings is 3. The van der Waals surface area contributed by atoms with Crippen LogP contribution in [0, 0.1) is 0 Å². The highest BCUT2D eigenvalue weighted by molar-refractivity contribution is 6.06. The molecule has 3 heteroatoms. The Bertz CT molecular complexity index is 849. The standard InChI is InChI=1S/C23H21NO2/c1-26-21-14-12-20(13-15-21)24-17-16-23(22(24)25,18-8-4-2-5-9-18)19-10-6-3-7-11-19/h2-15H,16-17H2,1H3. The normalized spacial score (nSPS) is 15.9. The minimum absolute atomic E-state index is 0.125. The Morgan fingerprint density at radius 2 is 1.35 bits per heavy atom. The lowest BCUT2D eigenvalue weighted by molar-refractivity contribution is -0.120. The summed E-state index contributed by atoms with van der Waals surface area (Å²) >= 11 is 0. The van der Waals surface area contributed by atoms with Crippen molar-refractivity contribution < 1.29 is 9.53 Å². The highest BCUT2D eigenvalue weighted by atomic mass is 16.5. The Kier molecular flexibility index (Phi) is 4.21. The van der Waals surface area contributed by atoms with Crippen LogP contribution in [0.4, 0.5) is 5.69 Å². The molecule has 0 N–H and O–H groups in total. The number of carbonyl (C=O) groups is 1. The summed E-state index contributed by atoms with van der Waals surface area (Å²) in [6.45, 7) is 0.689. The number of rotatable bonds is 4. The minimum atomic E-state index is -0.636. The van der Waals surface area contributed by atoms with Crippen LogP contribution in [0.2, 0.25) is 0 Å². The molecule has 0 aliphatic carbocycles. The maximum absolute atomic E-state index is 13.7. The van der Waals surface area contributed by atoms with Crippen LogP contribution in [0.1, 0.15) is 17.5 Å². The van der Waals surface area contributed by atoms with Gasteiger partial charge in [0.25, 0.3) is 0 Å². The zero-order valence-corrected chi connectivity index (χ0v) is 14.8. The SMILES string of the molecule is COc1ccc(N2CCC(c3ccccc3)(c3ccccc3)C2=O)cc1. The third-order valence-electron chi connectivity index (χ3n) is 5.24. The van der Waals surface area contributed by atoms with Gasteiger partial charge in [-0.05, 0) is 41.8 Å². The molecule has 0 bridgehead atoms. The average Bonchev–Trinajstić information content (AvgIpc) is 3.07. The number of ether oxygens (including phenoxy) is 1. The summed E-state index contributed by atoms with van der Waals surface area (Å²) in [6.07, 6.45) is 0.756. The summed E-state index contributed by atoms with van der Waals surface area (Å²) in [5.74, 6) is 0.915. The number of amides is 1. The fourth-order valence-corrected chi connectivity index (χ4v) is 3.87. The molecule has 0 unspecified atom stereocenters. The van der Waals surface area contributed by atoms with Crippen molar-refractivity contribution in [2.75, 3.05) is 18.6 Å². The van der Waals surface area contributed by atoms with Gasteiger partial charge in [0.2, 0.25) is 5.91 Å². The van der Waals surface area contributed by atoms with Crippen molar-refractivity contribution in [1.29, 1.82) is 0 Å². The predicted molar refractivity (Wildman–Crippen MR) is 104 cm³/mol. The molecule has 1 heterocycles. The first-order valence-corrected chi connectivity index (χ1v) is 8.83. The highest BCUT2D eigenvalue weighted by Crippen LogP contribution is 2.43. The van der Waals surface area contributed by atoms with E-state index < -0.39 is 5.41 Å². The van der Waals surface area contributed by atoms with E-state index in [0.29, 0.717) is 6.54 Å². The summed E-state index contributed by atoms with van der Waals surface area (Å²) in [5.41, 5.74) is 2.37. The van der Waals surface area contributed by atoms with Gasteiger partial charge in [0, 0.05) is 12.2 Å². The molecule has 1 saturated heterocycles. The fraction of sp³-hybridized carbons (Fsp3) is 0.174. The second kappa shape index (κ2) is 6.68. The van der Waals surface area contributed by atoms with Gasteiger partial charge in [-0.1, -0.05) is 60.7 Å². The van der Waals surface area contributed by atoms with Gasteiger partial charge in [-0.25, -0.2) is 0 Å². The molecule has 1 aliphatic rings. The molecular formula is C23H21NO2. The third-order valence-corrected chi connectivity index (χ3v) is 5.24. The Labute approximate surface area is 153 Å².